The Morgan fingerprint density at radius 3 is 2.73 bits per heavy atom. The van der Waals surface area contributed by atoms with Crippen molar-refractivity contribution in [2.45, 2.75) is 13.5 Å². The number of hydrogen-bond acceptors (Lipinski definition) is 5. The van der Waals surface area contributed by atoms with Gasteiger partial charge in [-0.3, -0.25) is 9.59 Å². The van der Waals surface area contributed by atoms with Crippen molar-refractivity contribution >= 4 is 46.7 Å². The van der Waals surface area contributed by atoms with Gasteiger partial charge in [-0.05, 0) is 35.9 Å². The van der Waals surface area contributed by atoms with E-state index in [1.165, 1.54) is 42.5 Å². The summed E-state index contributed by atoms with van der Waals surface area (Å²) < 4.78 is 17.9. The molecule has 0 aliphatic carbocycles. The highest BCUT2D eigenvalue weighted by Gasteiger charge is 2.11. The number of rotatable bonds is 7. The summed E-state index contributed by atoms with van der Waals surface area (Å²) in [4.78, 5) is 35.8. The molecular weight excluding hydrogens is 381 g/mol. The number of esters is 1. The summed E-state index contributed by atoms with van der Waals surface area (Å²) in [5.74, 6) is -1.75. The summed E-state index contributed by atoms with van der Waals surface area (Å²) in [6, 6.07) is 7.36. The number of carbonyl (C=O) groups is 3. The molecular formula is C18H15ClFNO4S. The SMILES string of the molecule is CC(=O)NCc1ccc(C(=O)COC(=O)/C=C/c2ccc(F)c(Cl)c2)s1. The quantitative estimate of drug-likeness (QED) is 0.441. The number of thiophene rings is 1. The average molecular weight is 396 g/mol. The Balaban J connectivity index is 1.84. The van der Waals surface area contributed by atoms with Crippen LogP contribution in [0.3, 0.4) is 0 Å². The molecule has 0 radical (unpaired) electrons. The van der Waals surface area contributed by atoms with Gasteiger partial charge in [0.25, 0.3) is 0 Å². The van der Waals surface area contributed by atoms with Crippen molar-refractivity contribution in [3.8, 4) is 0 Å². The van der Waals surface area contributed by atoms with E-state index < -0.39 is 18.4 Å². The van der Waals surface area contributed by atoms with Crippen LogP contribution < -0.4 is 5.32 Å². The lowest BCUT2D eigenvalue weighted by Crippen LogP contribution is -2.18. The maximum absolute atomic E-state index is 13.1. The second-order valence-electron chi connectivity index (χ2n) is 5.21. The number of halogens is 2. The summed E-state index contributed by atoms with van der Waals surface area (Å²) in [7, 11) is 0. The van der Waals surface area contributed by atoms with Gasteiger partial charge in [-0.25, -0.2) is 9.18 Å². The molecule has 0 bridgehead atoms. The maximum atomic E-state index is 13.1. The molecule has 2 rings (SSSR count). The van der Waals surface area contributed by atoms with E-state index in [2.05, 4.69) is 5.32 Å². The van der Waals surface area contributed by atoms with Crippen molar-refractivity contribution in [1.29, 1.82) is 0 Å². The highest BCUT2D eigenvalue weighted by atomic mass is 35.5. The lowest BCUT2D eigenvalue weighted by molar-refractivity contribution is -0.136. The topological polar surface area (TPSA) is 72.5 Å². The van der Waals surface area contributed by atoms with Crippen molar-refractivity contribution in [3.63, 3.8) is 0 Å². The summed E-state index contributed by atoms with van der Waals surface area (Å²) in [6.07, 6.45) is 2.54. The predicted octanol–water partition coefficient (Wildman–Crippen LogP) is 3.62. The van der Waals surface area contributed by atoms with Gasteiger partial charge in [0.05, 0.1) is 16.4 Å². The van der Waals surface area contributed by atoms with Crippen LogP contribution in [0.25, 0.3) is 6.08 Å². The third kappa shape index (κ3) is 6.09. The van der Waals surface area contributed by atoms with E-state index in [9.17, 15) is 18.8 Å². The second-order valence-corrected chi connectivity index (χ2v) is 6.79. The fourth-order valence-electron chi connectivity index (χ4n) is 1.87. The molecule has 8 heteroatoms. The fourth-order valence-corrected chi connectivity index (χ4v) is 2.93. The molecule has 0 saturated carbocycles. The van der Waals surface area contributed by atoms with Crippen LogP contribution in [0.5, 0.6) is 0 Å². The molecule has 26 heavy (non-hydrogen) atoms. The molecule has 0 aliphatic rings. The number of ketones is 1. The van der Waals surface area contributed by atoms with Gasteiger partial charge in [-0.15, -0.1) is 11.3 Å². The minimum absolute atomic E-state index is 0.0524. The van der Waals surface area contributed by atoms with Crippen LogP contribution in [-0.4, -0.2) is 24.3 Å². The van der Waals surface area contributed by atoms with Crippen LogP contribution >= 0.6 is 22.9 Å². The van der Waals surface area contributed by atoms with E-state index in [4.69, 9.17) is 16.3 Å². The Labute approximate surface area is 158 Å². The van der Waals surface area contributed by atoms with Crippen molar-refractivity contribution in [3.05, 3.63) is 62.6 Å². The van der Waals surface area contributed by atoms with E-state index >= 15 is 0 Å². The first-order chi connectivity index (χ1) is 12.3. The van der Waals surface area contributed by atoms with Gasteiger partial charge < -0.3 is 10.1 Å². The first-order valence-electron chi connectivity index (χ1n) is 7.51. The molecule has 0 unspecified atom stereocenters. The van der Waals surface area contributed by atoms with E-state index in [0.717, 1.165) is 11.0 Å². The Morgan fingerprint density at radius 2 is 2.04 bits per heavy atom. The summed E-state index contributed by atoms with van der Waals surface area (Å²) in [5, 5.41) is 2.58. The van der Waals surface area contributed by atoms with Crippen LogP contribution in [0.1, 0.15) is 27.0 Å². The minimum atomic E-state index is -0.700. The molecule has 1 heterocycles. The number of hydrogen-bond donors (Lipinski definition) is 1. The maximum Gasteiger partial charge on any atom is 0.331 e. The zero-order valence-corrected chi connectivity index (χ0v) is 15.3. The fraction of sp³-hybridized carbons (Fsp3) is 0.167. The van der Waals surface area contributed by atoms with Crippen LogP contribution in [0.15, 0.2) is 36.4 Å². The predicted molar refractivity (Wildman–Crippen MR) is 97.6 cm³/mol. The van der Waals surface area contributed by atoms with Gasteiger partial charge >= 0.3 is 5.97 Å². The Kier molecular flexibility index (Phi) is 7.06. The number of nitrogens with one attached hydrogen (secondary N) is 1. The standard InChI is InChI=1S/C18H15ClFNO4S/c1-11(22)21-9-13-4-6-17(26-13)16(23)10-25-18(24)7-3-12-2-5-15(20)14(19)8-12/h2-8H,9-10H2,1H3,(H,21,22)/b7-3+. The van der Waals surface area contributed by atoms with Crippen molar-refractivity contribution in [1.82, 2.24) is 5.32 Å². The highest BCUT2D eigenvalue weighted by Crippen LogP contribution is 2.18. The van der Waals surface area contributed by atoms with Crippen molar-refractivity contribution < 1.29 is 23.5 Å². The molecule has 2 aromatic rings. The molecule has 0 atom stereocenters. The normalized spacial score (nSPS) is 10.7. The van der Waals surface area contributed by atoms with Crippen LogP contribution in [0, 0.1) is 5.82 Å². The first kappa shape index (κ1) is 19.8. The number of benzene rings is 1. The van der Waals surface area contributed by atoms with E-state index in [1.54, 1.807) is 12.1 Å². The molecule has 0 aliphatic heterocycles. The molecule has 1 amide bonds. The first-order valence-corrected chi connectivity index (χ1v) is 8.71. The number of carbonyl (C=O) groups excluding carboxylic acids is 3. The monoisotopic (exact) mass is 395 g/mol. The van der Waals surface area contributed by atoms with Crippen LogP contribution in [0.2, 0.25) is 5.02 Å². The van der Waals surface area contributed by atoms with Crippen molar-refractivity contribution in [2.75, 3.05) is 6.61 Å². The molecule has 0 fully saturated rings. The molecule has 1 N–H and O–H groups in total. The summed E-state index contributed by atoms with van der Waals surface area (Å²) >= 11 is 6.87. The Morgan fingerprint density at radius 1 is 1.27 bits per heavy atom. The van der Waals surface area contributed by atoms with E-state index in [0.29, 0.717) is 17.0 Å². The highest BCUT2D eigenvalue weighted by molar-refractivity contribution is 7.14. The molecule has 1 aromatic carbocycles. The third-order valence-electron chi connectivity index (χ3n) is 3.15. The molecule has 5 nitrogen and oxygen atoms in total. The number of amides is 1. The van der Waals surface area contributed by atoms with Crippen LogP contribution in [-0.2, 0) is 20.9 Å². The number of ether oxygens (including phenoxy) is 1. The van der Waals surface area contributed by atoms with Gasteiger partial charge in [-0.1, -0.05) is 17.7 Å². The van der Waals surface area contributed by atoms with Gasteiger partial charge in [0.2, 0.25) is 11.7 Å². The zero-order chi connectivity index (χ0) is 19.1. The Hall–Kier alpha value is -2.51. The molecule has 0 saturated heterocycles. The number of Topliss-reactive ketones (excluding diaryl/α,β-unsaturated/α-hetero) is 1. The third-order valence-corrected chi connectivity index (χ3v) is 4.57. The average Bonchev–Trinajstić information content (AvgIpc) is 3.08. The lowest BCUT2D eigenvalue weighted by Gasteiger charge is -2.00. The summed E-state index contributed by atoms with van der Waals surface area (Å²) in [6.45, 7) is 1.36. The molecule has 1 aromatic heterocycles. The second kappa shape index (κ2) is 9.26. The minimum Gasteiger partial charge on any atom is -0.454 e. The van der Waals surface area contributed by atoms with Crippen molar-refractivity contribution in [2.24, 2.45) is 0 Å². The Bertz CT molecular complexity index is 863. The van der Waals surface area contributed by atoms with E-state index in [1.807, 2.05) is 0 Å². The van der Waals surface area contributed by atoms with Gasteiger partial charge in [-0.2, -0.15) is 0 Å². The smallest absolute Gasteiger partial charge is 0.331 e. The van der Waals surface area contributed by atoms with E-state index in [-0.39, 0.29) is 16.7 Å². The largest absolute Gasteiger partial charge is 0.454 e. The van der Waals surface area contributed by atoms with Gasteiger partial charge in [0, 0.05) is 17.9 Å². The molecule has 136 valence electrons. The van der Waals surface area contributed by atoms with Gasteiger partial charge in [0.1, 0.15) is 5.82 Å². The summed E-state index contributed by atoms with van der Waals surface area (Å²) in [5.41, 5.74) is 0.528. The van der Waals surface area contributed by atoms with Gasteiger partial charge in [0.15, 0.2) is 6.61 Å². The zero-order valence-electron chi connectivity index (χ0n) is 13.8. The lowest BCUT2D eigenvalue weighted by atomic mass is 10.2. The molecule has 0 spiro atoms. The van der Waals surface area contributed by atoms with Crippen LogP contribution in [0.4, 0.5) is 4.39 Å².